The number of carboxylic acids is 1. The van der Waals surface area contributed by atoms with Gasteiger partial charge in [0, 0.05) is 0 Å². The Kier molecular flexibility index (Phi) is 3.31. The van der Waals surface area contributed by atoms with Crippen molar-refractivity contribution < 1.29 is 9.90 Å². The van der Waals surface area contributed by atoms with Gasteiger partial charge < -0.3 is 5.11 Å². The van der Waals surface area contributed by atoms with Gasteiger partial charge in [0.15, 0.2) is 9.61 Å². The minimum absolute atomic E-state index is 0.107. The number of aromatic carboxylic acids is 1. The van der Waals surface area contributed by atoms with Crippen molar-refractivity contribution in [1.82, 2.24) is 4.98 Å². The van der Waals surface area contributed by atoms with Crippen molar-refractivity contribution in [2.75, 3.05) is 0 Å². The number of hydrogen-bond acceptors (Lipinski definition) is 3. The molecule has 1 aromatic carbocycles. The van der Waals surface area contributed by atoms with Gasteiger partial charge in [-0.15, -0.1) is 11.3 Å². The van der Waals surface area contributed by atoms with Gasteiger partial charge in [-0.25, -0.2) is 9.78 Å². The molecule has 1 N–H and O–H groups in total. The highest BCUT2D eigenvalue weighted by molar-refractivity contribution is 9.11. The second-order valence-corrected chi connectivity index (χ2v) is 6.04. The average Bonchev–Trinajstić information content (AvgIpc) is 2.64. The van der Waals surface area contributed by atoms with Crippen LogP contribution in [0.15, 0.2) is 22.1 Å². The molecular formula is C12H10BrNO2S. The lowest BCUT2D eigenvalue weighted by Crippen LogP contribution is -1.99. The van der Waals surface area contributed by atoms with Gasteiger partial charge >= 0.3 is 5.97 Å². The fraction of sp³-hybridized carbons (Fsp3) is 0.167. The van der Waals surface area contributed by atoms with Crippen LogP contribution >= 0.6 is 27.3 Å². The highest BCUT2D eigenvalue weighted by Crippen LogP contribution is 2.35. The lowest BCUT2D eigenvalue weighted by molar-refractivity contribution is 0.0692. The Bertz CT molecular complexity index is 592. The summed E-state index contributed by atoms with van der Waals surface area (Å²) in [6.45, 7) is 3.95. The molecule has 88 valence electrons. The van der Waals surface area contributed by atoms with E-state index in [4.69, 9.17) is 5.11 Å². The van der Waals surface area contributed by atoms with E-state index in [0.29, 0.717) is 8.79 Å². The molecule has 1 heterocycles. The zero-order valence-corrected chi connectivity index (χ0v) is 11.7. The molecule has 0 aliphatic heterocycles. The third-order valence-electron chi connectivity index (χ3n) is 2.44. The lowest BCUT2D eigenvalue weighted by Gasteiger charge is -2.05. The lowest BCUT2D eigenvalue weighted by atomic mass is 10.0. The average molecular weight is 312 g/mol. The van der Waals surface area contributed by atoms with Crippen molar-refractivity contribution in [2.24, 2.45) is 0 Å². The molecule has 0 bridgehead atoms. The van der Waals surface area contributed by atoms with E-state index in [1.165, 1.54) is 11.3 Å². The maximum Gasteiger partial charge on any atom is 0.356 e. The van der Waals surface area contributed by atoms with Crippen molar-refractivity contribution in [3.8, 4) is 10.4 Å². The molecule has 5 heteroatoms. The first-order valence-electron chi connectivity index (χ1n) is 4.96. The first-order chi connectivity index (χ1) is 7.99. The predicted octanol–water partition coefficient (Wildman–Crippen LogP) is 3.89. The molecule has 0 unspecified atom stereocenters. The predicted molar refractivity (Wildman–Crippen MR) is 71.7 cm³/mol. The topological polar surface area (TPSA) is 50.2 Å². The molecule has 2 rings (SSSR count). The zero-order valence-electron chi connectivity index (χ0n) is 9.32. The monoisotopic (exact) mass is 311 g/mol. The molecule has 2 aromatic rings. The van der Waals surface area contributed by atoms with E-state index in [-0.39, 0.29) is 5.69 Å². The van der Waals surface area contributed by atoms with Gasteiger partial charge in [0.25, 0.3) is 0 Å². The van der Waals surface area contributed by atoms with Crippen LogP contribution in [0.5, 0.6) is 0 Å². The molecule has 0 saturated carbocycles. The number of hydrogen-bond donors (Lipinski definition) is 1. The van der Waals surface area contributed by atoms with Crippen LogP contribution in [0, 0.1) is 13.8 Å². The number of aromatic nitrogens is 1. The van der Waals surface area contributed by atoms with Crippen LogP contribution in [-0.2, 0) is 0 Å². The zero-order chi connectivity index (χ0) is 12.6. The molecule has 0 aliphatic carbocycles. The van der Waals surface area contributed by atoms with Crippen LogP contribution in [0.25, 0.3) is 10.4 Å². The summed E-state index contributed by atoms with van der Waals surface area (Å²) in [6.07, 6.45) is 0. The number of benzene rings is 1. The summed E-state index contributed by atoms with van der Waals surface area (Å²) in [5.41, 5.74) is 3.20. The van der Waals surface area contributed by atoms with E-state index in [1.807, 2.05) is 32.0 Å². The van der Waals surface area contributed by atoms with E-state index in [9.17, 15) is 4.79 Å². The standard InChI is InChI=1S/C12H10BrNO2S/c1-6-3-4-7(2)8(5-6)10-9(11(15)16)14-12(13)17-10/h3-5H,1-2H3,(H,15,16). The molecule has 0 saturated heterocycles. The number of carboxylic acid groups (broad SMARTS) is 1. The number of nitrogens with zero attached hydrogens (tertiary/aromatic N) is 1. The normalized spacial score (nSPS) is 10.5. The minimum atomic E-state index is -0.997. The second-order valence-electron chi connectivity index (χ2n) is 3.77. The summed E-state index contributed by atoms with van der Waals surface area (Å²) in [4.78, 5) is 15.8. The molecule has 3 nitrogen and oxygen atoms in total. The van der Waals surface area contributed by atoms with Gasteiger partial charge in [0.1, 0.15) is 0 Å². The Morgan fingerprint density at radius 2 is 2.12 bits per heavy atom. The van der Waals surface area contributed by atoms with Crippen LogP contribution in [0.2, 0.25) is 0 Å². The smallest absolute Gasteiger partial charge is 0.356 e. The van der Waals surface area contributed by atoms with Crippen LogP contribution < -0.4 is 0 Å². The number of carbonyl (C=O) groups is 1. The van der Waals surface area contributed by atoms with Crippen LogP contribution in [0.4, 0.5) is 0 Å². The summed E-state index contributed by atoms with van der Waals surface area (Å²) in [5.74, 6) is -0.997. The highest BCUT2D eigenvalue weighted by Gasteiger charge is 2.19. The number of thiazole rings is 1. The number of aryl methyl sites for hydroxylation is 2. The molecule has 0 spiro atoms. The van der Waals surface area contributed by atoms with Crippen molar-refractivity contribution in [3.63, 3.8) is 0 Å². The summed E-state index contributed by atoms with van der Waals surface area (Å²) in [7, 11) is 0. The van der Waals surface area contributed by atoms with Crippen LogP contribution in [0.1, 0.15) is 21.6 Å². The van der Waals surface area contributed by atoms with Crippen molar-refractivity contribution in [2.45, 2.75) is 13.8 Å². The van der Waals surface area contributed by atoms with Crippen molar-refractivity contribution in [1.29, 1.82) is 0 Å². The van der Waals surface area contributed by atoms with Gasteiger partial charge in [-0.2, -0.15) is 0 Å². The maximum atomic E-state index is 11.1. The highest BCUT2D eigenvalue weighted by atomic mass is 79.9. The third-order valence-corrected chi connectivity index (χ3v) is 3.98. The van der Waals surface area contributed by atoms with Gasteiger partial charge in [-0.1, -0.05) is 23.8 Å². The number of halogens is 1. The molecule has 0 aliphatic rings. The summed E-state index contributed by atoms with van der Waals surface area (Å²) in [5, 5.41) is 9.12. The van der Waals surface area contributed by atoms with E-state index >= 15 is 0 Å². The molecule has 0 amide bonds. The van der Waals surface area contributed by atoms with E-state index < -0.39 is 5.97 Å². The quantitative estimate of drug-likeness (QED) is 0.915. The fourth-order valence-electron chi connectivity index (χ4n) is 1.60. The Morgan fingerprint density at radius 3 is 2.76 bits per heavy atom. The number of rotatable bonds is 2. The Labute approximate surface area is 111 Å². The Morgan fingerprint density at radius 1 is 1.41 bits per heavy atom. The maximum absolute atomic E-state index is 11.1. The Hall–Kier alpha value is -1.20. The van der Waals surface area contributed by atoms with Gasteiger partial charge in [0.05, 0.1) is 4.88 Å². The molecule has 0 radical (unpaired) electrons. The van der Waals surface area contributed by atoms with Crippen LogP contribution in [-0.4, -0.2) is 16.1 Å². The van der Waals surface area contributed by atoms with E-state index in [0.717, 1.165) is 16.7 Å². The molecular weight excluding hydrogens is 302 g/mol. The molecule has 0 fully saturated rings. The third kappa shape index (κ3) is 2.40. The minimum Gasteiger partial charge on any atom is -0.476 e. The largest absolute Gasteiger partial charge is 0.476 e. The van der Waals surface area contributed by atoms with Gasteiger partial charge in [-0.3, -0.25) is 0 Å². The second kappa shape index (κ2) is 4.58. The SMILES string of the molecule is Cc1ccc(C)c(-c2sc(Br)nc2C(=O)O)c1. The molecule has 0 atom stereocenters. The Balaban J connectivity index is 2.67. The van der Waals surface area contributed by atoms with Gasteiger partial charge in [0.2, 0.25) is 0 Å². The van der Waals surface area contributed by atoms with E-state index in [1.54, 1.807) is 0 Å². The van der Waals surface area contributed by atoms with Crippen LogP contribution in [0.3, 0.4) is 0 Å². The molecule has 1 aromatic heterocycles. The summed E-state index contributed by atoms with van der Waals surface area (Å²) < 4.78 is 0.589. The van der Waals surface area contributed by atoms with E-state index in [2.05, 4.69) is 20.9 Å². The summed E-state index contributed by atoms with van der Waals surface area (Å²) >= 11 is 4.58. The van der Waals surface area contributed by atoms with Gasteiger partial charge in [-0.05, 0) is 40.9 Å². The van der Waals surface area contributed by atoms with Crippen molar-refractivity contribution in [3.05, 3.63) is 38.9 Å². The summed E-state index contributed by atoms with van der Waals surface area (Å²) in [6, 6.07) is 5.99. The fourth-order valence-corrected chi connectivity index (χ4v) is 3.13. The molecule has 17 heavy (non-hydrogen) atoms. The first kappa shape index (κ1) is 12.3. The van der Waals surface area contributed by atoms with Crippen molar-refractivity contribution >= 4 is 33.2 Å². The first-order valence-corrected chi connectivity index (χ1v) is 6.57.